The second-order valence-electron chi connectivity index (χ2n) is 9.30. The Morgan fingerprint density at radius 1 is 1.11 bits per heavy atom. The van der Waals surface area contributed by atoms with Crippen molar-refractivity contribution < 1.29 is 22.6 Å². The van der Waals surface area contributed by atoms with Crippen molar-refractivity contribution >= 4 is 9.84 Å². The van der Waals surface area contributed by atoms with E-state index >= 15 is 0 Å². The van der Waals surface area contributed by atoms with E-state index < -0.39 is 21.0 Å². The van der Waals surface area contributed by atoms with Gasteiger partial charge in [0.1, 0.15) is 34.9 Å². The summed E-state index contributed by atoms with van der Waals surface area (Å²) < 4.78 is 46.2. The van der Waals surface area contributed by atoms with E-state index in [4.69, 9.17) is 14.2 Å². The number of benzene rings is 1. The number of ether oxygens (including phenoxy) is 3. The molecule has 4 atom stereocenters. The normalized spacial score (nSPS) is 19.7. The van der Waals surface area contributed by atoms with Gasteiger partial charge in [-0.1, -0.05) is 19.9 Å². The number of methoxy groups -OCH3 is 2. The van der Waals surface area contributed by atoms with Crippen LogP contribution >= 0.6 is 0 Å². The molecule has 1 aliphatic heterocycles. The molecule has 1 aliphatic rings. The first-order valence-electron chi connectivity index (χ1n) is 11.9. The molecule has 0 amide bonds. The van der Waals surface area contributed by atoms with Gasteiger partial charge in [0.05, 0.1) is 19.5 Å². The molecule has 4 rings (SSSR count). The molecule has 0 radical (unpaired) electrons. The molecule has 1 aromatic carbocycles. The van der Waals surface area contributed by atoms with Gasteiger partial charge >= 0.3 is 0 Å². The Morgan fingerprint density at radius 2 is 1.75 bits per heavy atom. The highest BCUT2D eigenvalue weighted by atomic mass is 32.2. The Hall–Kier alpha value is -3.05. The van der Waals surface area contributed by atoms with Crippen LogP contribution in [0.25, 0.3) is 5.69 Å². The second kappa shape index (κ2) is 10.5. The zero-order valence-electron chi connectivity index (χ0n) is 21.5. The summed E-state index contributed by atoms with van der Waals surface area (Å²) in [7, 11) is -0.581. The van der Waals surface area contributed by atoms with Crippen molar-refractivity contribution in [2.75, 3.05) is 20.8 Å². The molecule has 0 spiro atoms. The van der Waals surface area contributed by atoms with Gasteiger partial charge in [0.2, 0.25) is 0 Å². The standard InChI is InChI=1S/C25H33N5O5S/c1-15-12-26-24(27-13-15)17(3)18(4)36(31,32)14-21-28-29-25(23-16(2)10-11-35-23)30(21)22-19(33-5)8-7-9-20(22)34-6/h7-9,12-13,16-18,23H,10-11,14H2,1-6H3/t16-,17-,18-,23+/m0/s1. The summed E-state index contributed by atoms with van der Waals surface area (Å²) in [5, 5.41) is 8.01. The van der Waals surface area contributed by atoms with Crippen LogP contribution in [-0.2, 0) is 20.3 Å². The number of aromatic nitrogens is 5. The van der Waals surface area contributed by atoms with Gasteiger partial charge in [0.15, 0.2) is 21.5 Å². The van der Waals surface area contributed by atoms with Crippen LogP contribution in [0.15, 0.2) is 30.6 Å². The summed E-state index contributed by atoms with van der Waals surface area (Å²) in [6, 6.07) is 5.39. The van der Waals surface area contributed by atoms with Crippen molar-refractivity contribution in [3.63, 3.8) is 0 Å². The van der Waals surface area contributed by atoms with Crippen LogP contribution in [-0.4, -0.2) is 59.2 Å². The summed E-state index contributed by atoms with van der Waals surface area (Å²) >= 11 is 0. The van der Waals surface area contributed by atoms with Crippen molar-refractivity contribution in [3.8, 4) is 17.2 Å². The van der Waals surface area contributed by atoms with E-state index in [1.165, 1.54) is 0 Å². The SMILES string of the molecule is COc1cccc(OC)c1-n1c(CS(=O)(=O)[C@@H](C)[C@H](C)c2ncc(C)cn2)nnc1[C@@H]1OCC[C@@H]1C. The van der Waals surface area contributed by atoms with Gasteiger partial charge in [-0.2, -0.15) is 0 Å². The Kier molecular flexibility index (Phi) is 7.60. The van der Waals surface area contributed by atoms with Gasteiger partial charge < -0.3 is 14.2 Å². The Balaban J connectivity index is 1.78. The fraction of sp³-hybridized carbons (Fsp3) is 0.520. The maximum Gasteiger partial charge on any atom is 0.167 e. The maximum atomic E-state index is 13.6. The highest BCUT2D eigenvalue weighted by Crippen LogP contribution is 2.40. The molecular weight excluding hydrogens is 482 g/mol. The number of sulfone groups is 1. The first-order chi connectivity index (χ1) is 17.2. The third-order valence-electron chi connectivity index (χ3n) is 6.83. The summed E-state index contributed by atoms with van der Waals surface area (Å²) in [6.07, 6.45) is 3.93. The molecule has 3 heterocycles. The average molecular weight is 516 g/mol. The predicted octanol–water partition coefficient (Wildman–Crippen LogP) is 3.59. The molecule has 0 N–H and O–H groups in total. The number of hydrogen-bond donors (Lipinski definition) is 0. The number of hydrogen-bond acceptors (Lipinski definition) is 9. The largest absolute Gasteiger partial charge is 0.494 e. The minimum atomic E-state index is -3.69. The van der Waals surface area contributed by atoms with E-state index in [0.717, 1.165) is 12.0 Å². The molecule has 194 valence electrons. The van der Waals surface area contributed by atoms with Crippen molar-refractivity contribution in [1.29, 1.82) is 0 Å². The van der Waals surface area contributed by atoms with Crippen molar-refractivity contribution in [1.82, 2.24) is 24.7 Å². The van der Waals surface area contributed by atoms with Gasteiger partial charge in [-0.25, -0.2) is 18.4 Å². The Labute approximate surface area is 212 Å². The lowest BCUT2D eigenvalue weighted by molar-refractivity contribution is 0.0856. The van der Waals surface area contributed by atoms with E-state index in [0.29, 0.717) is 35.4 Å². The molecule has 1 fully saturated rings. The number of nitrogens with zero attached hydrogens (tertiary/aromatic N) is 5. The van der Waals surface area contributed by atoms with Crippen LogP contribution in [0.1, 0.15) is 62.3 Å². The quantitative estimate of drug-likeness (QED) is 0.421. The predicted molar refractivity (Wildman–Crippen MR) is 134 cm³/mol. The molecule has 0 unspecified atom stereocenters. The summed E-state index contributed by atoms with van der Waals surface area (Å²) in [4.78, 5) is 8.67. The smallest absolute Gasteiger partial charge is 0.167 e. The van der Waals surface area contributed by atoms with Gasteiger partial charge in [-0.15, -0.1) is 10.2 Å². The molecule has 1 saturated heterocycles. The van der Waals surface area contributed by atoms with Gasteiger partial charge in [-0.3, -0.25) is 4.57 Å². The second-order valence-corrected chi connectivity index (χ2v) is 11.7. The first kappa shape index (κ1) is 26.0. The van der Waals surface area contributed by atoms with Crippen LogP contribution in [0.3, 0.4) is 0 Å². The van der Waals surface area contributed by atoms with E-state index in [9.17, 15) is 8.42 Å². The summed E-state index contributed by atoms with van der Waals surface area (Å²) in [6.45, 7) is 8.06. The lowest BCUT2D eigenvalue weighted by Gasteiger charge is -2.22. The van der Waals surface area contributed by atoms with Crippen molar-refractivity contribution in [2.24, 2.45) is 5.92 Å². The van der Waals surface area contributed by atoms with Crippen molar-refractivity contribution in [2.45, 2.75) is 57.1 Å². The Bertz CT molecular complexity index is 1290. The molecule has 10 nitrogen and oxygen atoms in total. The molecule has 0 bridgehead atoms. The zero-order chi connectivity index (χ0) is 26.0. The van der Waals surface area contributed by atoms with Crippen molar-refractivity contribution in [3.05, 3.63) is 53.6 Å². The number of aryl methyl sites for hydroxylation is 1. The molecule has 3 aromatic rings. The topological polar surface area (TPSA) is 118 Å². The first-order valence-corrected chi connectivity index (χ1v) is 13.7. The average Bonchev–Trinajstić information content (AvgIpc) is 3.47. The van der Waals surface area contributed by atoms with E-state index in [-0.39, 0.29) is 23.6 Å². The maximum absolute atomic E-state index is 13.6. The summed E-state index contributed by atoms with van der Waals surface area (Å²) in [5.74, 6) is 1.73. The van der Waals surface area contributed by atoms with Gasteiger partial charge in [0.25, 0.3) is 0 Å². The van der Waals surface area contributed by atoms with Crippen LogP contribution in [0.5, 0.6) is 11.5 Å². The van der Waals surface area contributed by atoms with E-state index in [2.05, 4.69) is 27.1 Å². The van der Waals surface area contributed by atoms with Gasteiger partial charge in [0, 0.05) is 24.9 Å². The fourth-order valence-corrected chi connectivity index (χ4v) is 5.95. The fourth-order valence-electron chi connectivity index (χ4n) is 4.40. The molecular formula is C25H33N5O5S. The Morgan fingerprint density at radius 3 is 2.31 bits per heavy atom. The lowest BCUT2D eigenvalue weighted by Crippen LogP contribution is -2.27. The van der Waals surface area contributed by atoms with Crippen LogP contribution in [0.2, 0.25) is 0 Å². The van der Waals surface area contributed by atoms with Crippen LogP contribution in [0.4, 0.5) is 0 Å². The number of rotatable bonds is 9. The molecule has 2 aromatic heterocycles. The third kappa shape index (κ3) is 4.94. The molecule has 0 aliphatic carbocycles. The highest BCUT2D eigenvalue weighted by Gasteiger charge is 2.36. The van der Waals surface area contributed by atoms with E-state index in [1.54, 1.807) is 50.2 Å². The van der Waals surface area contributed by atoms with E-state index in [1.807, 2.05) is 19.9 Å². The number of para-hydroxylation sites is 1. The lowest BCUT2D eigenvalue weighted by atomic mass is 10.0. The minimum absolute atomic E-state index is 0.191. The monoisotopic (exact) mass is 515 g/mol. The molecule has 0 saturated carbocycles. The molecule has 11 heteroatoms. The van der Waals surface area contributed by atoms with Crippen LogP contribution in [0, 0.1) is 12.8 Å². The highest BCUT2D eigenvalue weighted by molar-refractivity contribution is 7.91. The zero-order valence-corrected chi connectivity index (χ0v) is 22.3. The third-order valence-corrected chi connectivity index (χ3v) is 9.03. The van der Waals surface area contributed by atoms with Crippen LogP contribution < -0.4 is 9.47 Å². The van der Waals surface area contributed by atoms with Gasteiger partial charge in [-0.05, 0) is 43.9 Å². The minimum Gasteiger partial charge on any atom is -0.494 e. The molecule has 36 heavy (non-hydrogen) atoms. The summed E-state index contributed by atoms with van der Waals surface area (Å²) in [5.41, 5.74) is 1.45.